The molecular formula is C20H22N4O3. The highest BCUT2D eigenvalue weighted by atomic mass is 16.5. The molecule has 1 aromatic heterocycles. The van der Waals surface area contributed by atoms with Gasteiger partial charge in [-0.15, -0.1) is 10.2 Å². The number of Topliss-reactive ketones (excluding diaryl/α,β-unsaturated/α-hetero) is 1. The highest BCUT2D eigenvalue weighted by Crippen LogP contribution is 2.15. The number of aromatic nitrogens is 4. The van der Waals surface area contributed by atoms with Gasteiger partial charge in [0.1, 0.15) is 18.5 Å². The Morgan fingerprint density at radius 3 is 2.52 bits per heavy atom. The average molecular weight is 366 g/mol. The third-order valence-electron chi connectivity index (χ3n) is 4.08. The Hall–Kier alpha value is -3.06. The Kier molecular flexibility index (Phi) is 5.93. The van der Waals surface area contributed by atoms with E-state index in [0.717, 1.165) is 11.1 Å². The molecule has 0 saturated carbocycles. The summed E-state index contributed by atoms with van der Waals surface area (Å²) in [5.74, 6) is 1.19. The fraction of sp³-hybridized carbons (Fsp3) is 0.300. The number of ether oxygens (including phenoxy) is 1. The van der Waals surface area contributed by atoms with E-state index in [1.54, 1.807) is 24.3 Å². The van der Waals surface area contributed by atoms with E-state index in [2.05, 4.69) is 15.4 Å². The van der Waals surface area contributed by atoms with Crippen molar-refractivity contribution in [3.63, 3.8) is 0 Å². The first kappa shape index (κ1) is 18.7. The molecule has 0 aliphatic heterocycles. The summed E-state index contributed by atoms with van der Waals surface area (Å²) in [6, 6.07) is 14.7. The second kappa shape index (κ2) is 8.55. The molecule has 0 amide bonds. The summed E-state index contributed by atoms with van der Waals surface area (Å²) in [6.07, 6.45) is -0.323. The maximum atomic E-state index is 11.6. The zero-order valence-electron chi connectivity index (χ0n) is 15.4. The van der Waals surface area contributed by atoms with Gasteiger partial charge in [0.05, 0.1) is 6.54 Å². The first-order valence-corrected chi connectivity index (χ1v) is 8.84. The number of aryl methyl sites for hydroxylation is 1. The van der Waals surface area contributed by atoms with Crippen molar-refractivity contribution in [2.45, 2.75) is 32.9 Å². The fourth-order valence-electron chi connectivity index (χ4n) is 2.51. The second-order valence-electron chi connectivity index (χ2n) is 6.30. The van der Waals surface area contributed by atoms with Gasteiger partial charge in [0, 0.05) is 17.5 Å². The number of aliphatic hydroxyl groups is 1. The van der Waals surface area contributed by atoms with Crippen LogP contribution in [0.1, 0.15) is 29.3 Å². The normalized spacial score (nSPS) is 12.0. The second-order valence-corrected chi connectivity index (χ2v) is 6.30. The number of rotatable bonds is 8. The first-order valence-electron chi connectivity index (χ1n) is 8.84. The summed E-state index contributed by atoms with van der Waals surface area (Å²) < 4.78 is 5.56. The summed E-state index contributed by atoms with van der Waals surface area (Å²) in [4.78, 5) is 13.0. The molecular weight excluding hydrogens is 344 g/mol. The summed E-state index contributed by atoms with van der Waals surface area (Å²) in [5, 5.41) is 22.4. The predicted molar refractivity (Wildman–Crippen MR) is 101 cm³/mol. The molecule has 7 heteroatoms. The molecule has 0 radical (unpaired) electrons. The van der Waals surface area contributed by atoms with E-state index in [9.17, 15) is 9.90 Å². The topological polar surface area (TPSA) is 90.1 Å². The van der Waals surface area contributed by atoms with Crippen LogP contribution in [0.4, 0.5) is 0 Å². The third-order valence-corrected chi connectivity index (χ3v) is 4.08. The van der Waals surface area contributed by atoms with Gasteiger partial charge in [-0.25, -0.2) is 0 Å². The van der Waals surface area contributed by atoms with E-state index in [1.807, 2.05) is 38.1 Å². The van der Waals surface area contributed by atoms with Gasteiger partial charge in [0.15, 0.2) is 5.78 Å². The minimum absolute atomic E-state index is 0.0858. The zero-order chi connectivity index (χ0) is 19.2. The number of nitrogens with zero attached hydrogens (tertiary/aromatic N) is 4. The molecule has 1 atom stereocenters. The monoisotopic (exact) mass is 366 g/mol. The highest BCUT2D eigenvalue weighted by molar-refractivity contribution is 5.95. The van der Waals surface area contributed by atoms with Gasteiger partial charge < -0.3 is 9.84 Å². The molecule has 1 unspecified atom stereocenters. The Balaban J connectivity index is 1.53. The summed E-state index contributed by atoms with van der Waals surface area (Å²) >= 11 is 0. The van der Waals surface area contributed by atoms with Crippen LogP contribution in [0.5, 0.6) is 5.75 Å². The van der Waals surface area contributed by atoms with Gasteiger partial charge in [-0.1, -0.05) is 36.8 Å². The van der Waals surface area contributed by atoms with Gasteiger partial charge in [0.25, 0.3) is 0 Å². The van der Waals surface area contributed by atoms with Crippen LogP contribution in [0.25, 0.3) is 11.4 Å². The Morgan fingerprint density at radius 2 is 1.85 bits per heavy atom. The molecule has 0 aliphatic carbocycles. The molecule has 1 N–H and O–H groups in total. The van der Waals surface area contributed by atoms with Gasteiger partial charge in [-0.2, -0.15) is 4.80 Å². The first-order chi connectivity index (χ1) is 13.0. The molecule has 0 spiro atoms. The van der Waals surface area contributed by atoms with Crippen LogP contribution in [-0.4, -0.2) is 43.8 Å². The SMILES string of the molecule is CCC(=O)c1ccc(OCC(O)Cn2nnc(-c3ccc(C)cc3)n2)cc1. The molecule has 3 rings (SSSR count). The number of aliphatic hydroxyl groups excluding tert-OH is 1. The number of benzene rings is 2. The largest absolute Gasteiger partial charge is 0.491 e. The van der Waals surface area contributed by atoms with Gasteiger partial charge in [0.2, 0.25) is 5.82 Å². The van der Waals surface area contributed by atoms with Crippen molar-refractivity contribution >= 4 is 5.78 Å². The molecule has 7 nitrogen and oxygen atoms in total. The number of tetrazole rings is 1. The number of hydrogen-bond donors (Lipinski definition) is 1. The van der Waals surface area contributed by atoms with Crippen LogP contribution >= 0.6 is 0 Å². The number of hydrogen-bond acceptors (Lipinski definition) is 6. The van der Waals surface area contributed by atoms with Gasteiger partial charge in [-0.05, 0) is 36.4 Å². The van der Waals surface area contributed by atoms with Crippen LogP contribution in [0.2, 0.25) is 0 Å². The molecule has 1 heterocycles. The lowest BCUT2D eigenvalue weighted by Crippen LogP contribution is -2.25. The van der Waals surface area contributed by atoms with Crippen molar-refractivity contribution in [1.29, 1.82) is 0 Å². The minimum Gasteiger partial charge on any atom is -0.491 e. The van der Waals surface area contributed by atoms with Crippen molar-refractivity contribution in [3.05, 3.63) is 59.7 Å². The van der Waals surface area contributed by atoms with Crippen molar-refractivity contribution < 1.29 is 14.6 Å². The summed E-state index contributed by atoms with van der Waals surface area (Å²) in [5.41, 5.74) is 2.69. The van der Waals surface area contributed by atoms with E-state index in [1.165, 1.54) is 4.80 Å². The Bertz CT molecular complexity index is 888. The number of carbonyl (C=O) groups excluding carboxylic acids is 1. The van der Waals surface area contributed by atoms with E-state index in [-0.39, 0.29) is 18.9 Å². The predicted octanol–water partition coefficient (Wildman–Crippen LogP) is 2.68. The quantitative estimate of drug-likeness (QED) is 0.617. The molecule has 0 bridgehead atoms. The summed E-state index contributed by atoms with van der Waals surface area (Å²) in [6.45, 7) is 4.10. The van der Waals surface area contributed by atoms with Crippen LogP contribution in [0, 0.1) is 6.92 Å². The molecule has 3 aromatic rings. The maximum Gasteiger partial charge on any atom is 0.204 e. The molecule has 0 fully saturated rings. The lowest BCUT2D eigenvalue weighted by molar-refractivity contribution is 0.0849. The van der Waals surface area contributed by atoms with Crippen LogP contribution in [0.3, 0.4) is 0 Å². The summed E-state index contributed by atoms with van der Waals surface area (Å²) in [7, 11) is 0. The standard InChI is InChI=1S/C20H22N4O3/c1-3-19(26)15-8-10-18(11-9-15)27-13-17(25)12-24-22-20(21-23-24)16-6-4-14(2)5-7-16/h4-11,17,25H,3,12-13H2,1-2H3. The van der Waals surface area contributed by atoms with E-state index in [0.29, 0.717) is 23.6 Å². The van der Waals surface area contributed by atoms with Crippen molar-refractivity contribution in [3.8, 4) is 17.1 Å². The van der Waals surface area contributed by atoms with Crippen molar-refractivity contribution in [1.82, 2.24) is 20.2 Å². The molecule has 0 aliphatic rings. The molecule has 0 saturated heterocycles. The lowest BCUT2D eigenvalue weighted by Gasteiger charge is -2.11. The molecule has 140 valence electrons. The van der Waals surface area contributed by atoms with Crippen LogP contribution in [-0.2, 0) is 6.54 Å². The Morgan fingerprint density at radius 1 is 1.15 bits per heavy atom. The Labute approximate surface area is 157 Å². The van der Waals surface area contributed by atoms with Gasteiger partial charge in [-0.3, -0.25) is 4.79 Å². The average Bonchev–Trinajstić information content (AvgIpc) is 3.15. The van der Waals surface area contributed by atoms with E-state index < -0.39 is 6.10 Å². The van der Waals surface area contributed by atoms with E-state index >= 15 is 0 Å². The maximum absolute atomic E-state index is 11.6. The smallest absolute Gasteiger partial charge is 0.204 e. The number of carbonyl (C=O) groups is 1. The molecule has 2 aromatic carbocycles. The third kappa shape index (κ3) is 4.98. The van der Waals surface area contributed by atoms with E-state index in [4.69, 9.17) is 4.74 Å². The minimum atomic E-state index is -0.790. The fourth-order valence-corrected chi connectivity index (χ4v) is 2.51. The van der Waals surface area contributed by atoms with Crippen molar-refractivity contribution in [2.24, 2.45) is 0 Å². The van der Waals surface area contributed by atoms with Crippen LogP contribution < -0.4 is 4.74 Å². The lowest BCUT2D eigenvalue weighted by atomic mass is 10.1. The van der Waals surface area contributed by atoms with Gasteiger partial charge >= 0.3 is 0 Å². The van der Waals surface area contributed by atoms with Crippen molar-refractivity contribution in [2.75, 3.05) is 6.61 Å². The molecule has 27 heavy (non-hydrogen) atoms. The van der Waals surface area contributed by atoms with Crippen LogP contribution in [0.15, 0.2) is 48.5 Å². The number of ketones is 1. The highest BCUT2D eigenvalue weighted by Gasteiger charge is 2.11. The zero-order valence-corrected chi connectivity index (χ0v) is 15.4.